The minimum Gasteiger partial charge on any atom is -0.497 e. The summed E-state index contributed by atoms with van der Waals surface area (Å²) in [6.07, 6.45) is 0.891. The van der Waals surface area contributed by atoms with Gasteiger partial charge < -0.3 is 20.5 Å². The number of nitrogens with two attached hydrogens (primary N) is 1. The van der Waals surface area contributed by atoms with Gasteiger partial charge in [-0.1, -0.05) is 36.0 Å². The molecule has 2 unspecified atom stereocenters. The van der Waals surface area contributed by atoms with Gasteiger partial charge in [0.1, 0.15) is 17.0 Å². The molecule has 0 fully saturated rings. The second-order valence-electron chi connectivity index (χ2n) is 5.65. The highest BCUT2D eigenvalue weighted by Gasteiger charge is 2.23. The minimum absolute atomic E-state index is 0.0726. The largest absolute Gasteiger partial charge is 0.497 e. The summed E-state index contributed by atoms with van der Waals surface area (Å²) in [5.41, 5.74) is 9.56. The van der Waals surface area contributed by atoms with Crippen LogP contribution >= 0.6 is 11.8 Å². The highest BCUT2D eigenvalue weighted by molar-refractivity contribution is 8.02. The van der Waals surface area contributed by atoms with Crippen molar-refractivity contribution >= 4 is 11.8 Å². The first-order chi connectivity index (χ1) is 11.7. The summed E-state index contributed by atoms with van der Waals surface area (Å²) in [6.45, 7) is 0. The van der Waals surface area contributed by atoms with Crippen LogP contribution in [0.2, 0.25) is 0 Å². The average Bonchev–Trinajstić information content (AvgIpc) is 3.06. The van der Waals surface area contributed by atoms with Crippen molar-refractivity contribution in [2.45, 2.75) is 17.8 Å². The van der Waals surface area contributed by atoms with Crippen molar-refractivity contribution < 1.29 is 9.47 Å². The summed E-state index contributed by atoms with van der Waals surface area (Å²) < 4.78 is 10.5. The van der Waals surface area contributed by atoms with Crippen molar-refractivity contribution in [3.8, 4) is 11.5 Å². The standard InChI is InChI=1S/C19H22N2O2S/c1-22-15-7-3-13(4-8-15)11-17(18-12-24-19(20)21-18)14-5-9-16(23-2)10-6-14/h3-10,12,17,19,21H,11,20H2,1-2H3. The average molecular weight is 342 g/mol. The molecule has 1 heterocycles. The predicted molar refractivity (Wildman–Crippen MR) is 99.2 cm³/mol. The van der Waals surface area contributed by atoms with Gasteiger partial charge in [0.2, 0.25) is 0 Å². The highest BCUT2D eigenvalue weighted by atomic mass is 32.2. The Labute approximate surface area is 147 Å². The molecule has 0 radical (unpaired) electrons. The molecule has 0 bridgehead atoms. The van der Waals surface area contributed by atoms with Crippen LogP contribution in [0.1, 0.15) is 17.0 Å². The van der Waals surface area contributed by atoms with Crippen LogP contribution < -0.4 is 20.5 Å². The van der Waals surface area contributed by atoms with E-state index >= 15 is 0 Å². The third-order valence-corrected chi connectivity index (χ3v) is 4.94. The highest BCUT2D eigenvalue weighted by Crippen LogP contribution is 2.33. The molecule has 24 heavy (non-hydrogen) atoms. The molecular formula is C19H22N2O2S. The maximum absolute atomic E-state index is 5.98. The SMILES string of the molecule is COc1ccc(CC(C2=CSC(N)N2)c2ccc(OC)cc2)cc1. The smallest absolute Gasteiger partial charge is 0.127 e. The molecule has 2 aromatic rings. The number of ether oxygens (including phenoxy) is 2. The van der Waals surface area contributed by atoms with Gasteiger partial charge in [-0.05, 0) is 47.2 Å². The number of nitrogens with one attached hydrogen (secondary N) is 1. The van der Waals surface area contributed by atoms with E-state index in [-0.39, 0.29) is 11.4 Å². The molecule has 0 aromatic heterocycles. The molecule has 0 amide bonds. The van der Waals surface area contributed by atoms with Crippen LogP contribution in [-0.4, -0.2) is 19.7 Å². The number of hydrogen-bond donors (Lipinski definition) is 2. The molecule has 3 rings (SSSR count). The number of hydrogen-bond acceptors (Lipinski definition) is 5. The van der Waals surface area contributed by atoms with Crippen LogP contribution in [-0.2, 0) is 6.42 Å². The Kier molecular flexibility index (Phi) is 5.33. The van der Waals surface area contributed by atoms with Crippen LogP contribution in [0, 0.1) is 0 Å². The van der Waals surface area contributed by atoms with Crippen molar-refractivity contribution in [2.24, 2.45) is 5.73 Å². The molecule has 1 aliphatic heterocycles. The van der Waals surface area contributed by atoms with Gasteiger partial charge in [-0.2, -0.15) is 0 Å². The van der Waals surface area contributed by atoms with Crippen LogP contribution in [0.15, 0.2) is 59.6 Å². The van der Waals surface area contributed by atoms with Crippen molar-refractivity contribution in [1.82, 2.24) is 5.32 Å². The maximum atomic E-state index is 5.98. The van der Waals surface area contributed by atoms with Gasteiger partial charge in [-0.3, -0.25) is 0 Å². The molecule has 0 saturated heterocycles. The Morgan fingerprint density at radius 1 is 1.00 bits per heavy atom. The summed E-state index contributed by atoms with van der Waals surface area (Å²) in [4.78, 5) is 0. The zero-order valence-corrected chi connectivity index (χ0v) is 14.7. The van der Waals surface area contributed by atoms with Gasteiger partial charge in [0.25, 0.3) is 0 Å². The first-order valence-electron chi connectivity index (χ1n) is 7.84. The fraction of sp³-hybridized carbons (Fsp3) is 0.263. The zero-order valence-electron chi connectivity index (χ0n) is 13.9. The Hall–Kier alpha value is -2.11. The summed E-state index contributed by atoms with van der Waals surface area (Å²) >= 11 is 1.61. The van der Waals surface area contributed by atoms with Gasteiger partial charge in [0.15, 0.2) is 0 Å². The van der Waals surface area contributed by atoms with Crippen LogP contribution in [0.3, 0.4) is 0 Å². The second kappa shape index (κ2) is 7.64. The molecule has 3 N–H and O–H groups in total. The van der Waals surface area contributed by atoms with E-state index in [9.17, 15) is 0 Å². The van der Waals surface area contributed by atoms with E-state index in [1.54, 1.807) is 26.0 Å². The minimum atomic E-state index is -0.0726. The van der Waals surface area contributed by atoms with Gasteiger partial charge in [0, 0.05) is 11.6 Å². The molecule has 4 nitrogen and oxygen atoms in total. The van der Waals surface area contributed by atoms with E-state index in [2.05, 4.69) is 35.0 Å². The number of benzene rings is 2. The lowest BCUT2D eigenvalue weighted by Crippen LogP contribution is -2.31. The van der Waals surface area contributed by atoms with E-state index in [4.69, 9.17) is 15.2 Å². The Morgan fingerprint density at radius 3 is 2.08 bits per heavy atom. The quantitative estimate of drug-likeness (QED) is 0.842. The normalized spacial score (nSPS) is 17.8. The fourth-order valence-electron chi connectivity index (χ4n) is 2.80. The predicted octanol–water partition coefficient (Wildman–Crippen LogP) is 3.45. The lowest BCUT2D eigenvalue weighted by molar-refractivity contribution is 0.414. The van der Waals surface area contributed by atoms with Crippen LogP contribution in [0.25, 0.3) is 0 Å². The number of rotatable bonds is 6. The van der Waals surface area contributed by atoms with Crippen LogP contribution in [0.5, 0.6) is 11.5 Å². The maximum Gasteiger partial charge on any atom is 0.127 e. The third-order valence-electron chi connectivity index (χ3n) is 4.14. The second-order valence-corrected chi connectivity index (χ2v) is 6.67. The molecular weight excluding hydrogens is 320 g/mol. The summed E-state index contributed by atoms with van der Waals surface area (Å²) in [5, 5.41) is 5.50. The topological polar surface area (TPSA) is 56.5 Å². The first kappa shape index (κ1) is 16.7. The van der Waals surface area contributed by atoms with E-state index in [0.717, 1.165) is 23.6 Å². The first-order valence-corrected chi connectivity index (χ1v) is 8.78. The van der Waals surface area contributed by atoms with Crippen molar-refractivity contribution in [1.29, 1.82) is 0 Å². The van der Waals surface area contributed by atoms with Gasteiger partial charge >= 0.3 is 0 Å². The molecule has 2 aromatic carbocycles. The van der Waals surface area contributed by atoms with Crippen LogP contribution in [0.4, 0.5) is 0 Å². The van der Waals surface area contributed by atoms with Crippen molar-refractivity contribution in [3.05, 3.63) is 70.8 Å². The monoisotopic (exact) mass is 342 g/mol. The van der Waals surface area contributed by atoms with Gasteiger partial charge in [-0.25, -0.2) is 0 Å². The number of thioether (sulfide) groups is 1. The van der Waals surface area contributed by atoms with Gasteiger partial charge in [-0.15, -0.1) is 0 Å². The summed E-state index contributed by atoms with van der Waals surface area (Å²) in [5.74, 6) is 1.96. The number of allylic oxidation sites excluding steroid dienone is 1. The molecule has 0 spiro atoms. The lowest BCUT2D eigenvalue weighted by Gasteiger charge is -2.21. The Morgan fingerprint density at radius 2 is 1.58 bits per heavy atom. The zero-order chi connectivity index (χ0) is 16.9. The molecule has 0 aliphatic carbocycles. The Bertz CT molecular complexity index is 698. The fourth-order valence-corrected chi connectivity index (χ4v) is 3.53. The lowest BCUT2D eigenvalue weighted by atomic mass is 9.89. The van der Waals surface area contributed by atoms with E-state index in [0.29, 0.717) is 0 Å². The Balaban J connectivity index is 1.86. The molecule has 1 aliphatic rings. The van der Waals surface area contributed by atoms with E-state index < -0.39 is 0 Å². The summed E-state index contributed by atoms with van der Waals surface area (Å²) in [6, 6.07) is 16.4. The van der Waals surface area contributed by atoms with Gasteiger partial charge in [0.05, 0.1) is 14.2 Å². The molecule has 0 saturated carbocycles. The van der Waals surface area contributed by atoms with Crippen molar-refractivity contribution in [3.63, 3.8) is 0 Å². The molecule has 126 valence electrons. The van der Waals surface area contributed by atoms with Crippen molar-refractivity contribution in [2.75, 3.05) is 14.2 Å². The van der Waals surface area contributed by atoms with E-state index in [1.807, 2.05) is 24.3 Å². The third kappa shape index (κ3) is 3.86. The molecule has 5 heteroatoms. The summed E-state index contributed by atoms with van der Waals surface area (Å²) in [7, 11) is 3.36. The number of methoxy groups -OCH3 is 2. The molecule has 2 atom stereocenters. The van der Waals surface area contributed by atoms with E-state index in [1.165, 1.54) is 11.1 Å².